The molecule has 108 valence electrons. The monoisotopic (exact) mass is 282 g/mol. The number of aromatic amines is 1. The first-order valence-electron chi connectivity index (χ1n) is 6.09. The smallest absolute Gasteiger partial charge is 0.303 e. The lowest BCUT2D eigenvalue weighted by Crippen LogP contribution is -2.28. The first-order chi connectivity index (χ1) is 9.65. The molecule has 1 aliphatic heterocycles. The number of methoxy groups -OCH3 is 1. The molecule has 3 heterocycles. The summed E-state index contributed by atoms with van der Waals surface area (Å²) >= 11 is 0. The van der Waals surface area contributed by atoms with Crippen molar-refractivity contribution in [2.24, 2.45) is 0 Å². The third kappa shape index (κ3) is 1.87. The molecule has 1 aliphatic rings. The SMILES string of the molecule is COc1nc2nc[nH]c2c(=O)n1C1C[C@H](O)[C@@H](CO)O1. The Morgan fingerprint density at radius 3 is 3.10 bits per heavy atom. The molecular weight excluding hydrogens is 268 g/mol. The summed E-state index contributed by atoms with van der Waals surface area (Å²) in [4.78, 5) is 23.1. The Hall–Kier alpha value is -1.97. The standard InChI is InChI=1S/C11H14N4O5/c1-19-11-14-9-8(12-4-13-9)10(18)15(11)7-2-5(17)6(3-16)20-7/h4-7,16-17H,2-3H2,1H3,(H,12,13)/t5-,6+,7?/m0/s1. The zero-order valence-corrected chi connectivity index (χ0v) is 10.7. The van der Waals surface area contributed by atoms with Gasteiger partial charge in [-0.2, -0.15) is 4.98 Å². The van der Waals surface area contributed by atoms with Gasteiger partial charge in [-0.3, -0.25) is 4.79 Å². The molecule has 1 saturated heterocycles. The second-order valence-electron chi connectivity index (χ2n) is 4.49. The first-order valence-corrected chi connectivity index (χ1v) is 6.09. The van der Waals surface area contributed by atoms with Gasteiger partial charge in [0.2, 0.25) is 0 Å². The number of imidazole rings is 1. The van der Waals surface area contributed by atoms with Crippen molar-refractivity contribution in [3.8, 4) is 6.01 Å². The van der Waals surface area contributed by atoms with Crippen LogP contribution < -0.4 is 10.3 Å². The fraction of sp³-hybridized carbons (Fsp3) is 0.545. The lowest BCUT2D eigenvalue weighted by atomic mass is 10.2. The van der Waals surface area contributed by atoms with Gasteiger partial charge in [0, 0.05) is 6.42 Å². The van der Waals surface area contributed by atoms with Gasteiger partial charge in [0.05, 0.1) is 26.1 Å². The largest absolute Gasteiger partial charge is 0.468 e. The van der Waals surface area contributed by atoms with Gasteiger partial charge in [0.15, 0.2) is 11.2 Å². The van der Waals surface area contributed by atoms with Crippen LogP contribution >= 0.6 is 0 Å². The van der Waals surface area contributed by atoms with Crippen LogP contribution in [0.3, 0.4) is 0 Å². The number of nitrogens with zero attached hydrogens (tertiary/aromatic N) is 3. The normalized spacial score (nSPS) is 26.2. The molecule has 9 heteroatoms. The second kappa shape index (κ2) is 4.85. The molecule has 2 aromatic heterocycles. The van der Waals surface area contributed by atoms with Crippen LogP contribution in [0.25, 0.3) is 11.2 Å². The second-order valence-corrected chi connectivity index (χ2v) is 4.49. The van der Waals surface area contributed by atoms with Gasteiger partial charge in [-0.15, -0.1) is 0 Å². The summed E-state index contributed by atoms with van der Waals surface area (Å²) in [5.41, 5.74) is 0.0804. The van der Waals surface area contributed by atoms with Crippen molar-refractivity contribution in [1.82, 2.24) is 19.5 Å². The van der Waals surface area contributed by atoms with Crippen molar-refractivity contribution in [3.05, 3.63) is 16.7 Å². The topological polar surface area (TPSA) is 122 Å². The summed E-state index contributed by atoms with van der Waals surface area (Å²) in [7, 11) is 1.38. The molecule has 0 radical (unpaired) electrons. The summed E-state index contributed by atoms with van der Waals surface area (Å²) in [6, 6.07) is 0.0467. The van der Waals surface area contributed by atoms with E-state index < -0.39 is 24.0 Å². The van der Waals surface area contributed by atoms with Crippen LogP contribution in [-0.4, -0.2) is 55.7 Å². The lowest BCUT2D eigenvalue weighted by molar-refractivity contribution is -0.0477. The summed E-state index contributed by atoms with van der Waals surface area (Å²) in [5, 5.41) is 18.9. The first kappa shape index (κ1) is 13.0. The maximum absolute atomic E-state index is 12.4. The minimum Gasteiger partial charge on any atom is -0.468 e. The highest BCUT2D eigenvalue weighted by atomic mass is 16.6. The average molecular weight is 282 g/mol. The number of aromatic nitrogens is 4. The van der Waals surface area contributed by atoms with E-state index in [1.165, 1.54) is 18.0 Å². The van der Waals surface area contributed by atoms with Crippen molar-refractivity contribution < 1.29 is 19.7 Å². The molecule has 0 spiro atoms. The molecule has 1 fully saturated rings. The molecule has 3 rings (SSSR count). The summed E-state index contributed by atoms with van der Waals surface area (Å²) < 4.78 is 11.8. The van der Waals surface area contributed by atoms with Gasteiger partial charge in [0.1, 0.15) is 12.3 Å². The Bertz CT molecular complexity index is 681. The molecule has 0 aliphatic carbocycles. The molecule has 0 aromatic carbocycles. The third-order valence-electron chi connectivity index (χ3n) is 3.31. The van der Waals surface area contributed by atoms with E-state index in [1.807, 2.05) is 0 Å². The van der Waals surface area contributed by atoms with E-state index in [9.17, 15) is 9.90 Å². The Kier molecular flexibility index (Phi) is 3.16. The van der Waals surface area contributed by atoms with Crippen LogP contribution in [0.4, 0.5) is 0 Å². The molecule has 2 aromatic rings. The van der Waals surface area contributed by atoms with Gasteiger partial charge in [-0.05, 0) is 0 Å². The van der Waals surface area contributed by atoms with E-state index in [1.54, 1.807) is 0 Å². The van der Waals surface area contributed by atoms with E-state index >= 15 is 0 Å². The van der Waals surface area contributed by atoms with Crippen LogP contribution in [0.1, 0.15) is 12.6 Å². The highest BCUT2D eigenvalue weighted by Gasteiger charge is 2.36. The van der Waals surface area contributed by atoms with Crippen molar-refractivity contribution in [2.45, 2.75) is 24.9 Å². The van der Waals surface area contributed by atoms with E-state index in [0.29, 0.717) is 0 Å². The van der Waals surface area contributed by atoms with Crippen molar-refractivity contribution in [2.75, 3.05) is 13.7 Å². The van der Waals surface area contributed by atoms with Crippen LogP contribution in [0.2, 0.25) is 0 Å². The van der Waals surface area contributed by atoms with Gasteiger partial charge in [-0.1, -0.05) is 0 Å². The average Bonchev–Trinajstić information content (AvgIpc) is 3.04. The van der Waals surface area contributed by atoms with Crippen LogP contribution in [0.15, 0.2) is 11.1 Å². The quantitative estimate of drug-likeness (QED) is 0.644. The molecular formula is C11H14N4O5. The van der Waals surface area contributed by atoms with Crippen LogP contribution in [0, 0.1) is 0 Å². The van der Waals surface area contributed by atoms with E-state index in [2.05, 4.69) is 15.0 Å². The van der Waals surface area contributed by atoms with Crippen molar-refractivity contribution in [3.63, 3.8) is 0 Å². The fourth-order valence-electron chi connectivity index (χ4n) is 2.32. The number of hydrogen-bond acceptors (Lipinski definition) is 7. The van der Waals surface area contributed by atoms with Gasteiger partial charge in [0.25, 0.3) is 5.56 Å². The van der Waals surface area contributed by atoms with Gasteiger partial charge in [-0.25, -0.2) is 9.55 Å². The zero-order valence-electron chi connectivity index (χ0n) is 10.7. The molecule has 1 unspecified atom stereocenters. The Balaban J connectivity index is 2.11. The number of nitrogens with one attached hydrogen (secondary N) is 1. The zero-order chi connectivity index (χ0) is 14.3. The molecule has 0 saturated carbocycles. The van der Waals surface area contributed by atoms with Crippen LogP contribution in [0.5, 0.6) is 6.01 Å². The summed E-state index contributed by atoms with van der Waals surface area (Å²) in [6.07, 6.45) is -0.787. The van der Waals surface area contributed by atoms with E-state index in [4.69, 9.17) is 14.6 Å². The summed E-state index contributed by atoms with van der Waals surface area (Å²) in [6.45, 7) is -0.325. The number of aliphatic hydroxyl groups is 2. The van der Waals surface area contributed by atoms with Crippen LogP contribution in [-0.2, 0) is 4.74 Å². The predicted octanol–water partition coefficient (Wildman–Crippen LogP) is -1.23. The van der Waals surface area contributed by atoms with Crippen molar-refractivity contribution >= 4 is 11.2 Å². The van der Waals surface area contributed by atoms with E-state index in [0.717, 1.165) is 0 Å². The molecule has 20 heavy (non-hydrogen) atoms. The number of H-pyrrole nitrogens is 1. The van der Waals surface area contributed by atoms with Gasteiger partial charge < -0.3 is 24.7 Å². The number of rotatable bonds is 3. The molecule has 0 bridgehead atoms. The maximum Gasteiger partial charge on any atom is 0.303 e. The molecule has 3 N–H and O–H groups in total. The maximum atomic E-state index is 12.4. The Morgan fingerprint density at radius 2 is 2.45 bits per heavy atom. The Labute approximate surface area is 112 Å². The highest BCUT2D eigenvalue weighted by Crippen LogP contribution is 2.30. The number of ether oxygens (including phenoxy) is 2. The fourth-order valence-corrected chi connectivity index (χ4v) is 2.32. The molecule has 3 atom stereocenters. The van der Waals surface area contributed by atoms with E-state index in [-0.39, 0.29) is 30.2 Å². The predicted molar refractivity (Wildman–Crippen MR) is 66.3 cm³/mol. The highest BCUT2D eigenvalue weighted by molar-refractivity contribution is 5.68. The number of hydrogen-bond donors (Lipinski definition) is 3. The minimum atomic E-state index is -0.848. The Morgan fingerprint density at radius 1 is 1.65 bits per heavy atom. The molecule has 0 amide bonds. The summed E-state index contributed by atoms with van der Waals surface area (Å²) in [5.74, 6) is 0. The molecule has 9 nitrogen and oxygen atoms in total. The lowest BCUT2D eigenvalue weighted by Gasteiger charge is -2.17. The van der Waals surface area contributed by atoms with Gasteiger partial charge >= 0.3 is 6.01 Å². The number of aliphatic hydroxyl groups excluding tert-OH is 2. The third-order valence-corrected chi connectivity index (χ3v) is 3.31. The van der Waals surface area contributed by atoms with Crippen molar-refractivity contribution in [1.29, 1.82) is 0 Å². The number of fused-ring (bicyclic) bond motifs is 1. The minimum absolute atomic E-state index is 0.0467.